The van der Waals surface area contributed by atoms with E-state index >= 15 is 0 Å². The number of hydrogen-bond acceptors (Lipinski definition) is 2. The Morgan fingerprint density at radius 2 is 1.94 bits per heavy atom. The van der Waals surface area contributed by atoms with Gasteiger partial charge in [-0.2, -0.15) is 0 Å². The maximum Gasteiger partial charge on any atom is 0.240 e. The van der Waals surface area contributed by atoms with Crippen molar-refractivity contribution in [1.82, 2.24) is 10.2 Å². The fourth-order valence-corrected chi connectivity index (χ4v) is 3.80. The highest BCUT2D eigenvalue weighted by atomic mass is 16.2. The summed E-state index contributed by atoms with van der Waals surface area (Å²) < 4.78 is 0. The average molecular weight is 250 g/mol. The van der Waals surface area contributed by atoms with Crippen molar-refractivity contribution in [3.8, 4) is 0 Å². The van der Waals surface area contributed by atoms with Crippen LogP contribution in [0.25, 0.3) is 0 Å². The first-order valence-corrected chi connectivity index (χ1v) is 7.86. The molecule has 1 N–H and O–H groups in total. The van der Waals surface area contributed by atoms with Crippen molar-refractivity contribution in [1.29, 1.82) is 0 Å². The molecular weight excluding hydrogens is 224 g/mol. The number of carbonyl (C=O) groups is 1. The molecule has 1 saturated heterocycles. The number of rotatable bonds is 4. The standard InChI is InChI=1S/C15H26N2O/c1-2-11-5-3-4-6-14(11)17-10-9-13(15(17)18)16-12-7-8-12/h11-14,16H,2-10H2,1H3. The lowest BCUT2D eigenvalue weighted by molar-refractivity contribution is -0.133. The molecule has 2 saturated carbocycles. The molecule has 0 radical (unpaired) electrons. The van der Waals surface area contributed by atoms with Crippen LogP contribution in [0.1, 0.15) is 58.3 Å². The third-order valence-corrected chi connectivity index (χ3v) is 5.05. The summed E-state index contributed by atoms with van der Waals surface area (Å²) in [5.41, 5.74) is 0. The van der Waals surface area contributed by atoms with Gasteiger partial charge in [0.1, 0.15) is 0 Å². The maximum absolute atomic E-state index is 12.5. The van der Waals surface area contributed by atoms with Crippen LogP contribution in [0.3, 0.4) is 0 Å². The second kappa shape index (κ2) is 5.20. The van der Waals surface area contributed by atoms with Crippen LogP contribution in [-0.4, -0.2) is 35.5 Å². The molecule has 3 aliphatic rings. The van der Waals surface area contributed by atoms with Gasteiger partial charge in [-0.3, -0.25) is 4.79 Å². The van der Waals surface area contributed by atoms with Gasteiger partial charge in [0.15, 0.2) is 0 Å². The predicted molar refractivity (Wildman–Crippen MR) is 72.3 cm³/mol. The van der Waals surface area contributed by atoms with Gasteiger partial charge in [0.2, 0.25) is 5.91 Å². The van der Waals surface area contributed by atoms with Crippen LogP contribution < -0.4 is 5.32 Å². The van der Waals surface area contributed by atoms with Crippen LogP contribution >= 0.6 is 0 Å². The topological polar surface area (TPSA) is 32.3 Å². The van der Waals surface area contributed by atoms with Crippen molar-refractivity contribution in [2.75, 3.05) is 6.54 Å². The summed E-state index contributed by atoms with van der Waals surface area (Å²) in [6, 6.07) is 1.33. The molecule has 0 aromatic heterocycles. The first kappa shape index (κ1) is 12.5. The molecule has 102 valence electrons. The zero-order valence-electron chi connectivity index (χ0n) is 11.5. The van der Waals surface area contributed by atoms with Crippen molar-refractivity contribution < 1.29 is 4.79 Å². The van der Waals surface area contributed by atoms with E-state index in [1.54, 1.807) is 0 Å². The zero-order chi connectivity index (χ0) is 12.5. The predicted octanol–water partition coefficient (Wildman–Crippen LogP) is 2.31. The molecule has 3 rings (SSSR count). The molecule has 0 aromatic rings. The SMILES string of the molecule is CCC1CCCCC1N1CCC(NC2CC2)C1=O. The second-order valence-electron chi connectivity index (χ2n) is 6.33. The van der Waals surface area contributed by atoms with Crippen molar-refractivity contribution in [3.63, 3.8) is 0 Å². The lowest BCUT2D eigenvalue weighted by Crippen LogP contribution is -2.47. The minimum Gasteiger partial charge on any atom is -0.338 e. The highest BCUT2D eigenvalue weighted by Crippen LogP contribution is 2.33. The molecule has 1 amide bonds. The number of carbonyl (C=O) groups excluding carboxylic acids is 1. The summed E-state index contributed by atoms with van der Waals surface area (Å²) in [7, 11) is 0. The quantitative estimate of drug-likeness (QED) is 0.830. The molecule has 0 aromatic carbocycles. The van der Waals surface area contributed by atoms with Gasteiger partial charge in [-0.15, -0.1) is 0 Å². The normalized spacial score (nSPS) is 37.3. The van der Waals surface area contributed by atoms with Crippen LogP contribution in [-0.2, 0) is 4.79 Å². The van der Waals surface area contributed by atoms with Gasteiger partial charge in [0, 0.05) is 18.6 Å². The molecule has 3 nitrogen and oxygen atoms in total. The molecule has 0 spiro atoms. The minimum atomic E-state index is 0.136. The summed E-state index contributed by atoms with van der Waals surface area (Å²) >= 11 is 0. The number of hydrogen-bond donors (Lipinski definition) is 1. The van der Waals surface area contributed by atoms with Gasteiger partial charge >= 0.3 is 0 Å². The van der Waals surface area contributed by atoms with Gasteiger partial charge in [-0.1, -0.05) is 26.2 Å². The first-order chi connectivity index (χ1) is 8.79. The highest BCUT2D eigenvalue weighted by Gasteiger charge is 2.40. The second-order valence-corrected chi connectivity index (χ2v) is 6.33. The van der Waals surface area contributed by atoms with Crippen molar-refractivity contribution in [2.24, 2.45) is 5.92 Å². The van der Waals surface area contributed by atoms with Crippen molar-refractivity contribution in [2.45, 2.75) is 76.4 Å². The van der Waals surface area contributed by atoms with E-state index in [1.165, 1.54) is 44.9 Å². The molecule has 18 heavy (non-hydrogen) atoms. The molecule has 3 heteroatoms. The number of nitrogens with zero attached hydrogens (tertiary/aromatic N) is 1. The Kier molecular flexibility index (Phi) is 3.60. The molecule has 1 aliphatic heterocycles. The van der Waals surface area contributed by atoms with Gasteiger partial charge in [-0.25, -0.2) is 0 Å². The minimum absolute atomic E-state index is 0.136. The van der Waals surface area contributed by atoms with E-state index in [2.05, 4.69) is 17.1 Å². The first-order valence-electron chi connectivity index (χ1n) is 7.86. The smallest absolute Gasteiger partial charge is 0.240 e. The molecule has 3 unspecified atom stereocenters. The van der Waals surface area contributed by atoms with E-state index in [0.29, 0.717) is 18.0 Å². The molecular formula is C15H26N2O. The van der Waals surface area contributed by atoms with Crippen LogP contribution in [0.5, 0.6) is 0 Å². The average Bonchev–Trinajstić information content (AvgIpc) is 3.15. The number of nitrogens with one attached hydrogen (secondary N) is 1. The number of amides is 1. The van der Waals surface area contributed by atoms with Crippen LogP contribution in [0.15, 0.2) is 0 Å². The molecule has 0 bridgehead atoms. The molecule has 3 fully saturated rings. The summed E-state index contributed by atoms with van der Waals surface area (Å²) in [4.78, 5) is 14.7. The maximum atomic E-state index is 12.5. The Labute approximate surface area is 110 Å². The van der Waals surface area contributed by atoms with E-state index in [9.17, 15) is 4.79 Å². The van der Waals surface area contributed by atoms with Crippen LogP contribution in [0, 0.1) is 5.92 Å². The Morgan fingerprint density at radius 3 is 2.67 bits per heavy atom. The van der Waals surface area contributed by atoms with Gasteiger partial charge in [0.05, 0.1) is 6.04 Å². The summed E-state index contributed by atoms with van der Waals surface area (Å²) in [6.07, 6.45) is 10.0. The van der Waals surface area contributed by atoms with Gasteiger partial charge < -0.3 is 10.2 Å². The lowest BCUT2D eigenvalue weighted by Gasteiger charge is -2.37. The molecule has 3 atom stereocenters. The van der Waals surface area contributed by atoms with Crippen molar-refractivity contribution in [3.05, 3.63) is 0 Å². The van der Waals surface area contributed by atoms with E-state index in [4.69, 9.17) is 0 Å². The number of likely N-dealkylation sites (tertiary alicyclic amines) is 1. The van der Waals surface area contributed by atoms with E-state index in [1.807, 2.05) is 0 Å². The van der Waals surface area contributed by atoms with Crippen LogP contribution in [0.4, 0.5) is 0 Å². The Bertz CT molecular complexity index is 314. The lowest BCUT2D eigenvalue weighted by atomic mass is 9.82. The zero-order valence-corrected chi connectivity index (χ0v) is 11.5. The Hall–Kier alpha value is -0.570. The van der Waals surface area contributed by atoms with Crippen LogP contribution in [0.2, 0.25) is 0 Å². The third-order valence-electron chi connectivity index (χ3n) is 5.05. The molecule has 2 aliphatic carbocycles. The van der Waals surface area contributed by atoms with E-state index in [0.717, 1.165) is 18.9 Å². The van der Waals surface area contributed by atoms with E-state index < -0.39 is 0 Å². The largest absolute Gasteiger partial charge is 0.338 e. The van der Waals surface area contributed by atoms with Crippen molar-refractivity contribution >= 4 is 5.91 Å². The van der Waals surface area contributed by atoms with Gasteiger partial charge in [-0.05, 0) is 38.0 Å². The summed E-state index contributed by atoms with van der Waals surface area (Å²) in [5.74, 6) is 1.15. The highest BCUT2D eigenvalue weighted by molar-refractivity contribution is 5.84. The fraction of sp³-hybridized carbons (Fsp3) is 0.933. The molecule has 1 heterocycles. The van der Waals surface area contributed by atoms with E-state index in [-0.39, 0.29) is 6.04 Å². The summed E-state index contributed by atoms with van der Waals surface area (Å²) in [5, 5.41) is 3.51. The third kappa shape index (κ3) is 2.42. The Balaban J connectivity index is 1.62. The van der Waals surface area contributed by atoms with Gasteiger partial charge in [0.25, 0.3) is 0 Å². The monoisotopic (exact) mass is 250 g/mol. The Morgan fingerprint density at radius 1 is 1.17 bits per heavy atom. The fourth-order valence-electron chi connectivity index (χ4n) is 3.80. The summed E-state index contributed by atoms with van der Waals surface area (Å²) in [6.45, 7) is 3.27.